The SMILES string of the molecule is COP(=O)([O-])OP(=O)([O-])OC/C=C(\C)CC/C=C(\C)CCCN=[N+]=[N-]. The van der Waals surface area contributed by atoms with E-state index in [9.17, 15) is 18.9 Å². The molecule has 0 aliphatic heterocycles. The maximum absolute atomic E-state index is 11.3. The molecule has 0 fully saturated rings. The zero-order chi connectivity index (χ0) is 19.3. The highest BCUT2D eigenvalue weighted by Crippen LogP contribution is 2.54. The molecule has 0 saturated carbocycles. The molecule has 0 aromatic heterocycles. The van der Waals surface area contributed by atoms with Crippen molar-refractivity contribution >= 4 is 15.6 Å². The van der Waals surface area contributed by atoms with Gasteiger partial charge in [0, 0.05) is 18.6 Å². The predicted molar refractivity (Wildman–Crippen MR) is 89.3 cm³/mol. The van der Waals surface area contributed by atoms with Crippen LogP contribution in [0.3, 0.4) is 0 Å². The quantitative estimate of drug-likeness (QED) is 0.115. The topological polar surface area (TPSA) is 157 Å². The lowest BCUT2D eigenvalue weighted by molar-refractivity contribution is -0.241. The Balaban J connectivity index is 4.19. The normalized spacial score (nSPS) is 17.5. The lowest BCUT2D eigenvalue weighted by Crippen LogP contribution is -2.12. The van der Waals surface area contributed by atoms with Crippen LogP contribution >= 0.6 is 15.6 Å². The highest BCUT2D eigenvalue weighted by Gasteiger charge is 2.18. The summed E-state index contributed by atoms with van der Waals surface area (Å²) in [6.07, 6.45) is 6.68. The molecule has 0 aromatic carbocycles. The van der Waals surface area contributed by atoms with E-state index in [0.717, 1.165) is 31.9 Å². The van der Waals surface area contributed by atoms with Crippen LogP contribution in [0.4, 0.5) is 0 Å². The first kappa shape index (κ1) is 24.1. The largest absolute Gasteiger partial charge is 0.756 e. The fraction of sp³-hybridized carbons (Fsp3) is 0.692. The number of azide groups is 1. The zero-order valence-corrected chi connectivity index (χ0v) is 16.3. The Kier molecular flexibility index (Phi) is 11.9. The zero-order valence-electron chi connectivity index (χ0n) is 14.5. The summed E-state index contributed by atoms with van der Waals surface area (Å²) in [5, 5.41) is 3.46. The van der Waals surface area contributed by atoms with Gasteiger partial charge in [0.15, 0.2) is 0 Å². The van der Waals surface area contributed by atoms with Crippen LogP contribution in [0.2, 0.25) is 0 Å². The number of nitrogens with zero attached hydrogens (tertiary/aromatic N) is 3. The molecule has 0 heterocycles. The average molecular weight is 395 g/mol. The molecule has 0 saturated heterocycles. The first-order valence-corrected chi connectivity index (χ1v) is 10.4. The van der Waals surface area contributed by atoms with Gasteiger partial charge in [-0.2, -0.15) is 0 Å². The second kappa shape index (κ2) is 12.4. The van der Waals surface area contributed by atoms with Crippen molar-refractivity contribution in [3.63, 3.8) is 0 Å². The van der Waals surface area contributed by atoms with Gasteiger partial charge in [0.05, 0.1) is 6.61 Å². The molecular weight excluding hydrogens is 372 g/mol. The van der Waals surface area contributed by atoms with Crippen LogP contribution in [0.1, 0.15) is 39.5 Å². The van der Waals surface area contributed by atoms with E-state index in [1.807, 2.05) is 6.92 Å². The standard InChI is InChI=1S/C13H25N3O7P2/c1-12(8-5-10-15-16-14)6-4-7-13(2)9-11-22-25(19,20)23-24(17,18)21-3/h6,9H,4-5,7-8,10-11H2,1-3H3,(H,17,18)(H,19,20)/p-2/b12-6+,13-9+. The summed E-state index contributed by atoms with van der Waals surface area (Å²) >= 11 is 0. The van der Waals surface area contributed by atoms with E-state index in [4.69, 9.17) is 5.53 Å². The van der Waals surface area contributed by atoms with Gasteiger partial charge >= 0.3 is 0 Å². The van der Waals surface area contributed by atoms with Crippen LogP contribution in [0.5, 0.6) is 0 Å². The number of hydrogen-bond donors (Lipinski definition) is 0. The van der Waals surface area contributed by atoms with Crippen LogP contribution < -0.4 is 9.79 Å². The second-order valence-electron chi connectivity index (χ2n) is 5.15. The highest BCUT2D eigenvalue weighted by molar-refractivity contribution is 7.59. The van der Waals surface area contributed by atoms with E-state index in [2.05, 4.69) is 29.5 Å². The smallest absolute Gasteiger partial charge is 0.274 e. The Morgan fingerprint density at radius 1 is 1.16 bits per heavy atom. The molecule has 0 bridgehead atoms. The van der Waals surface area contributed by atoms with E-state index < -0.39 is 15.6 Å². The van der Waals surface area contributed by atoms with Crippen LogP contribution in [0.15, 0.2) is 28.4 Å². The number of hydrogen-bond acceptors (Lipinski definition) is 8. The summed E-state index contributed by atoms with van der Waals surface area (Å²) in [4.78, 5) is 24.9. The first-order valence-electron chi connectivity index (χ1n) is 7.47. The number of phosphoric acid groups is 2. The van der Waals surface area contributed by atoms with Crippen molar-refractivity contribution in [2.75, 3.05) is 20.3 Å². The molecule has 0 N–H and O–H groups in total. The Labute approximate surface area is 147 Å². The van der Waals surface area contributed by atoms with Crippen molar-refractivity contribution in [3.8, 4) is 0 Å². The van der Waals surface area contributed by atoms with Crippen LogP contribution in [-0.4, -0.2) is 20.3 Å². The van der Waals surface area contributed by atoms with Crippen molar-refractivity contribution in [2.45, 2.75) is 39.5 Å². The third-order valence-electron chi connectivity index (χ3n) is 3.01. The van der Waals surface area contributed by atoms with Gasteiger partial charge in [0.1, 0.15) is 0 Å². The molecule has 0 spiro atoms. The third kappa shape index (κ3) is 14.0. The Morgan fingerprint density at radius 2 is 1.80 bits per heavy atom. The average Bonchev–Trinajstić information content (AvgIpc) is 2.50. The molecule has 0 radical (unpaired) electrons. The molecule has 0 amide bonds. The summed E-state index contributed by atoms with van der Waals surface area (Å²) in [6, 6.07) is 0. The van der Waals surface area contributed by atoms with E-state index in [1.165, 1.54) is 11.6 Å². The van der Waals surface area contributed by atoms with Crippen LogP contribution in [0.25, 0.3) is 10.4 Å². The van der Waals surface area contributed by atoms with Crippen molar-refractivity contribution in [1.29, 1.82) is 0 Å². The van der Waals surface area contributed by atoms with E-state index in [-0.39, 0.29) is 6.61 Å². The number of allylic oxidation sites excluding steroid dienone is 3. The minimum atomic E-state index is -4.99. The van der Waals surface area contributed by atoms with E-state index in [1.54, 1.807) is 6.92 Å². The van der Waals surface area contributed by atoms with Gasteiger partial charge in [0.25, 0.3) is 15.6 Å². The van der Waals surface area contributed by atoms with Gasteiger partial charge in [-0.25, -0.2) is 4.31 Å². The third-order valence-corrected chi connectivity index (χ3v) is 5.52. The van der Waals surface area contributed by atoms with Crippen molar-refractivity contribution in [3.05, 3.63) is 33.7 Å². The van der Waals surface area contributed by atoms with Gasteiger partial charge in [-0.05, 0) is 45.1 Å². The Hall–Kier alpha value is -0.950. The summed E-state index contributed by atoms with van der Waals surface area (Å²) in [7, 11) is -9.11. The molecule has 0 aromatic rings. The molecule has 12 heteroatoms. The molecule has 0 aliphatic rings. The number of phosphoric ester groups is 2. The molecular formula is C13H23N3O7P2-2. The summed E-state index contributed by atoms with van der Waals surface area (Å²) in [5.41, 5.74) is 10.2. The summed E-state index contributed by atoms with van der Waals surface area (Å²) in [5.74, 6) is 0. The van der Waals surface area contributed by atoms with Gasteiger partial charge in [0.2, 0.25) is 0 Å². The lowest BCUT2D eigenvalue weighted by atomic mass is 10.1. The van der Waals surface area contributed by atoms with Gasteiger partial charge in [-0.3, -0.25) is 9.13 Å². The minimum absolute atomic E-state index is 0.328. The van der Waals surface area contributed by atoms with E-state index in [0.29, 0.717) is 13.0 Å². The second-order valence-corrected chi connectivity index (χ2v) is 8.22. The first-order chi connectivity index (χ1) is 11.6. The Morgan fingerprint density at radius 3 is 2.40 bits per heavy atom. The maximum Gasteiger partial charge on any atom is 0.274 e. The summed E-state index contributed by atoms with van der Waals surface area (Å²) < 4.78 is 34.4. The molecule has 2 atom stereocenters. The van der Waals surface area contributed by atoms with Crippen molar-refractivity contribution in [2.24, 2.45) is 5.11 Å². The van der Waals surface area contributed by atoms with Gasteiger partial charge < -0.3 is 18.8 Å². The van der Waals surface area contributed by atoms with Gasteiger partial charge in [-0.1, -0.05) is 28.4 Å². The van der Waals surface area contributed by atoms with Crippen molar-refractivity contribution < 1.29 is 32.3 Å². The molecule has 10 nitrogen and oxygen atoms in total. The predicted octanol–water partition coefficient (Wildman–Crippen LogP) is 3.37. The van der Waals surface area contributed by atoms with Crippen LogP contribution in [-0.2, 0) is 22.5 Å². The lowest BCUT2D eigenvalue weighted by Gasteiger charge is -2.29. The highest BCUT2D eigenvalue weighted by atomic mass is 31.3. The molecule has 0 rings (SSSR count). The van der Waals surface area contributed by atoms with Gasteiger partial charge in [-0.15, -0.1) is 0 Å². The maximum atomic E-state index is 11.3. The fourth-order valence-corrected chi connectivity index (χ4v) is 3.37. The van der Waals surface area contributed by atoms with Crippen molar-refractivity contribution in [1.82, 2.24) is 0 Å². The Bertz CT molecular complexity index is 615. The molecule has 25 heavy (non-hydrogen) atoms. The molecule has 0 aliphatic carbocycles. The molecule has 144 valence electrons. The number of rotatable bonds is 13. The minimum Gasteiger partial charge on any atom is -0.756 e. The molecule has 2 unspecified atom stereocenters. The van der Waals surface area contributed by atoms with Crippen LogP contribution in [0, 0.1) is 0 Å². The fourth-order valence-electron chi connectivity index (χ4n) is 1.67. The van der Waals surface area contributed by atoms with E-state index >= 15 is 0 Å². The summed E-state index contributed by atoms with van der Waals surface area (Å²) in [6.45, 7) is 3.93. The monoisotopic (exact) mass is 395 g/mol.